The van der Waals surface area contributed by atoms with Gasteiger partial charge in [-0.25, -0.2) is 4.98 Å². The quantitative estimate of drug-likeness (QED) is 0.504. The molecule has 0 spiro atoms. The number of hydrogen-bond donors (Lipinski definition) is 0. The van der Waals surface area contributed by atoms with E-state index in [0.29, 0.717) is 10.6 Å². The Labute approximate surface area is 156 Å². The van der Waals surface area contributed by atoms with Gasteiger partial charge in [-0.1, -0.05) is 47.7 Å². The number of benzene rings is 2. The van der Waals surface area contributed by atoms with Crippen LogP contribution in [0.4, 0.5) is 0 Å². The summed E-state index contributed by atoms with van der Waals surface area (Å²) in [6, 6.07) is 13.3. The monoisotopic (exact) mass is 364 g/mol. The first-order valence-electron chi connectivity index (χ1n) is 8.33. The predicted octanol–water partition coefficient (Wildman–Crippen LogP) is 4.13. The van der Waals surface area contributed by atoms with Gasteiger partial charge in [0.1, 0.15) is 0 Å². The van der Waals surface area contributed by atoms with Crippen LogP contribution in [-0.4, -0.2) is 21.1 Å². The largest absolute Gasteiger partial charge is 0.293 e. The van der Waals surface area contributed by atoms with E-state index in [4.69, 9.17) is 0 Å². The Kier molecular flexibility index (Phi) is 5.38. The molecule has 1 heterocycles. The normalized spacial score (nSPS) is 10.7. The number of thioether (sulfide) groups is 1. The van der Waals surface area contributed by atoms with Crippen LogP contribution in [0.15, 0.2) is 64.7 Å². The van der Waals surface area contributed by atoms with E-state index in [1.165, 1.54) is 17.3 Å². The lowest BCUT2D eigenvalue weighted by Crippen LogP contribution is -2.21. The number of Topliss-reactive ketones (excluding diaryl/α,β-unsaturated/α-hetero) is 1. The molecule has 0 amide bonds. The summed E-state index contributed by atoms with van der Waals surface area (Å²) in [6.07, 6.45) is 3.24. The Morgan fingerprint density at radius 1 is 1.04 bits per heavy atom. The Balaban J connectivity index is 1.81. The maximum absolute atomic E-state index is 12.7. The average molecular weight is 364 g/mol. The number of aromatic nitrogens is 2. The second-order valence-electron chi connectivity index (χ2n) is 6.25. The second kappa shape index (κ2) is 7.70. The van der Waals surface area contributed by atoms with Crippen molar-refractivity contribution in [1.82, 2.24) is 9.55 Å². The summed E-state index contributed by atoms with van der Waals surface area (Å²) in [5.74, 6) is 0.167. The van der Waals surface area contributed by atoms with E-state index in [0.717, 1.165) is 16.8 Å². The number of aryl methyl sites for hydroxylation is 3. The molecule has 2 aromatic carbocycles. The van der Waals surface area contributed by atoms with Crippen LogP contribution in [-0.2, 0) is 0 Å². The summed E-state index contributed by atoms with van der Waals surface area (Å²) in [5, 5.41) is 0.325. The highest BCUT2D eigenvalue weighted by Gasteiger charge is 2.12. The first-order valence-corrected chi connectivity index (χ1v) is 9.32. The van der Waals surface area contributed by atoms with Gasteiger partial charge in [-0.2, -0.15) is 0 Å². The van der Waals surface area contributed by atoms with Crippen LogP contribution in [0.3, 0.4) is 0 Å². The van der Waals surface area contributed by atoms with Crippen LogP contribution in [0.1, 0.15) is 27.0 Å². The zero-order valence-electron chi connectivity index (χ0n) is 15.0. The van der Waals surface area contributed by atoms with E-state index in [2.05, 4.69) is 4.98 Å². The zero-order chi connectivity index (χ0) is 18.7. The summed E-state index contributed by atoms with van der Waals surface area (Å²) in [5.41, 5.74) is 4.64. The van der Waals surface area contributed by atoms with Crippen molar-refractivity contribution in [3.05, 3.63) is 87.5 Å². The highest BCUT2D eigenvalue weighted by molar-refractivity contribution is 7.99. The van der Waals surface area contributed by atoms with Gasteiger partial charge >= 0.3 is 0 Å². The van der Waals surface area contributed by atoms with Gasteiger partial charge in [-0.3, -0.25) is 14.2 Å². The summed E-state index contributed by atoms with van der Waals surface area (Å²) in [4.78, 5) is 29.2. The molecule has 1 aromatic heterocycles. The topological polar surface area (TPSA) is 52.0 Å². The summed E-state index contributed by atoms with van der Waals surface area (Å²) in [6.45, 7) is 6.03. The number of ketones is 1. The number of carbonyl (C=O) groups is 1. The standard InChI is InChI=1S/C21H20N2O2S/c1-14-4-7-17(8-5-14)19(24)13-26-20-21(25)23(11-10-22-20)18-9-6-15(2)16(3)12-18/h4-12H,13H2,1-3H3. The van der Waals surface area contributed by atoms with Gasteiger partial charge in [-0.15, -0.1) is 0 Å². The van der Waals surface area contributed by atoms with Crippen molar-refractivity contribution in [3.8, 4) is 5.69 Å². The van der Waals surface area contributed by atoms with Crippen LogP contribution in [0.25, 0.3) is 5.69 Å². The molecule has 0 bridgehead atoms. The molecule has 3 rings (SSSR count). The lowest BCUT2D eigenvalue weighted by atomic mass is 10.1. The first kappa shape index (κ1) is 18.1. The van der Waals surface area contributed by atoms with Gasteiger partial charge in [0.05, 0.1) is 5.75 Å². The Hall–Kier alpha value is -2.66. The van der Waals surface area contributed by atoms with Gasteiger partial charge < -0.3 is 0 Å². The number of hydrogen-bond acceptors (Lipinski definition) is 4. The van der Waals surface area contributed by atoms with E-state index in [1.807, 2.05) is 63.2 Å². The van der Waals surface area contributed by atoms with Crippen molar-refractivity contribution in [2.45, 2.75) is 25.8 Å². The molecule has 0 aliphatic carbocycles. The van der Waals surface area contributed by atoms with E-state index in [-0.39, 0.29) is 17.1 Å². The molecule has 5 heteroatoms. The Bertz CT molecular complexity index is 1010. The highest BCUT2D eigenvalue weighted by atomic mass is 32.2. The molecule has 0 atom stereocenters. The van der Waals surface area contributed by atoms with Crippen molar-refractivity contribution in [2.75, 3.05) is 5.75 Å². The van der Waals surface area contributed by atoms with Crippen LogP contribution < -0.4 is 5.56 Å². The minimum atomic E-state index is -0.211. The van der Waals surface area contributed by atoms with Gasteiger partial charge in [0.15, 0.2) is 10.8 Å². The lowest BCUT2D eigenvalue weighted by molar-refractivity contribution is 0.102. The Morgan fingerprint density at radius 2 is 1.77 bits per heavy atom. The van der Waals surface area contributed by atoms with Crippen LogP contribution in [0.5, 0.6) is 0 Å². The molecule has 0 saturated carbocycles. The van der Waals surface area contributed by atoms with Gasteiger partial charge in [0.25, 0.3) is 5.56 Å². The third-order valence-corrected chi connectivity index (χ3v) is 5.25. The smallest absolute Gasteiger partial charge is 0.287 e. The fourth-order valence-electron chi connectivity index (χ4n) is 2.53. The summed E-state index contributed by atoms with van der Waals surface area (Å²) in [7, 11) is 0. The fraction of sp³-hybridized carbons (Fsp3) is 0.190. The maximum Gasteiger partial charge on any atom is 0.287 e. The zero-order valence-corrected chi connectivity index (χ0v) is 15.8. The maximum atomic E-state index is 12.7. The highest BCUT2D eigenvalue weighted by Crippen LogP contribution is 2.16. The molecule has 0 fully saturated rings. The molecule has 0 N–H and O–H groups in total. The third kappa shape index (κ3) is 3.94. The van der Waals surface area contributed by atoms with Crippen molar-refractivity contribution in [1.29, 1.82) is 0 Å². The fourth-order valence-corrected chi connectivity index (χ4v) is 3.32. The van der Waals surface area contributed by atoms with Gasteiger partial charge in [0, 0.05) is 23.6 Å². The number of rotatable bonds is 5. The van der Waals surface area contributed by atoms with Crippen molar-refractivity contribution >= 4 is 17.5 Å². The lowest BCUT2D eigenvalue weighted by Gasteiger charge is -2.09. The van der Waals surface area contributed by atoms with Crippen LogP contribution in [0, 0.1) is 20.8 Å². The van der Waals surface area contributed by atoms with E-state index in [1.54, 1.807) is 17.0 Å². The first-order chi connectivity index (χ1) is 12.5. The summed E-state index contributed by atoms with van der Waals surface area (Å²) < 4.78 is 1.57. The summed E-state index contributed by atoms with van der Waals surface area (Å²) >= 11 is 1.18. The average Bonchev–Trinajstić information content (AvgIpc) is 2.63. The van der Waals surface area contributed by atoms with E-state index in [9.17, 15) is 9.59 Å². The second-order valence-corrected chi connectivity index (χ2v) is 7.22. The van der Waals surface area contributed by atoms with Crippen molar-refractivity contribution in [3.63, 3.8) is 0 Å². The minimum absolute atomic E-state index is 0.0159. The van der Waals surface area contributed by atoms with Gasteiger partial charge in [0.2, 0.25) is 0 Å². The molecular formula is C21H20N2O2S. The number of carbonyl (C=O) groups excluding carboxylic acids is 1. The molecule has 0 aliphatic heterocycles. The molecule has 3 aromatic rings. The Morgan fingerprint density at radius 3 is 2.46 bits per heavy atom. The SMILES string of the molecule is Cc1ccc(C(=O)CSc2nccn(-c3ccc(C)c(C)c3)c2=O)cc1. The third-order valence-electron chi connectivity index (χ3n) is 4.29. The van der Waals surface area contributed by atoms with E-state index >= 15 is 0 Å². The van der Waals surface area contributed by atoms with Crippen molar-refractivity contribution in [2.24, 2.45) is 0 Å². The molecule has 132 valence electrons. The van der Waals surface area contributed by atoms with Crippen LogP contribution in [0.2, 0.25) is 0 Å². The van der Waals surface area contributed by atoms with Gasteiger partial charge in [-0.05, 0) is 44.0 Å². The molecule has 0 unspecified atom stereocenters. The van der Waals surface area contributed by atoms with Crippen molar-refractivity contribution < 1.29 is 4.79 Å². The molecular weight excluding hydrogens is 344 g/mol. The molecule has 4 nitrogen and oxygen atoms in total. The predicted molar refractivity (Wildman–Crippen MR) is 106 cm³/mol. The molecule has 0 saturated heterocycles. The molecule has 26 heavy (non-hydrogen) atoms. The molecule has 0 radical (unpaired) electrons. The molecule has 0 aliphatic rings. The van der Waals surface area contributed by atoms with E-state index < -0.39 is 0 Å². The van der Waals surface area contributed by atoms with Crippen LogP contribution >= 0.6 is 11.8 Å². The number of nitrogens with zero attached hydrogens (tertiary/aromatic N) is 2. The minimum Gasteiger partial charge on any atom is -0.293 e.